The van der Waals surface area contributed by atoms with E-state index in [1.807, 2.05) is 0 Å². The molecule has 0 aliphatic heterocycles. The Bertz CT molecular complexity index is 575. The Morgan fingerprint density at radius 1 is 1.12 bits per heavy atom. The topological polar surface area (TPSA) is 86.8 Å². The molecule has 1 aromatic rings. The van der Waals surface area contributed by atoms with E-state index in [2.05, 4.69) is 32.6 Å². The molecule has 4 atom stereocenters. The van der Waals surface area contributed by atoms with Gasteiger partial charge in [0.05, 0.1) is 11.7 Å². The molecule has 0 amide bonds. The molecule has 2 aliphatic rings. The number of carboxylic acids is 1. The Balaban J connectivity index is 0.000000209. The Kier molecular flexibility index (Phi) is 7.07. The van der Waals surface area contributed by atoms with Crippen molar-refractivity contribution in [1.82, 2.24) is 4.90 Å². The van der Waals surface area contributed by atoms with Gasteiger partial charge in [0.2, 0.25) is 0 Å². The molecule has 26 heavy (non-hydrogen) atoms. The fraction of sp³-hybridized carbons (Fsp3) is 0.667. The summed E-state index contributed by atoms with van der Waals surface area (Å²) in [5, 5.41) is 18.7. The number of nitrogen functional groups attached to an aromatic ring is 1. The fourth-order valence-electron chi connectivity index (χ4n) is 4.52. The number of hydrogen-bond donors (Lipinski definition) is 3. The molecule has 4 unspecified atom stereocenters. The van der Waals surface area contributed by atoms with Crippen LogP contribution in [0, 0.1) is 17.8 Å². The zero-order valence-electron chi connectivity index (χ0n) is 16.4. The summed E-state index contributed by atoms with van der Waals surface area (Å²) >= 11 is 0. The second-order valence-electron chi connectivity index (χ2n) is 8.30. The maximum atomic E-state index is 10.3. The number of aromatic carboxylic acids is 1. The van der Waals surface area contributed by atoms with Crippen molar-refractivity contribution in [2.75, 3.05) is 12.3 Å². The van der Waals surface area contributed by atoms with Gasteiger partial charge in [-0.15, -0.1) is 0 Å². The Morgan fingerprint density at radius 3 is 2.08 bits per heavy atom. The first-order valence-corrected chi connectivity index (χ1v) is 9.73. The minimum Gasteiger partial charge on any atom is -0.478 e. The smallest absolute Gasteiger partial charge is 0.335 e. The predicted octanol–water partition coefficient (Wildman–Crippen LogP) is 3.48. The lowest BCUT2D eigenvalue weighted by Gasteiger charge is -2.37. The molecule has 0 radical (unpaired) electrons. The van der Waals surface area contributed by atoms with Gasteiger partial charge in [-0.2, -0.15) is 0 Å². The van der Waals surface area contributed by atoms with Crippen LogP contribution in [0.1, 0.15) is 57.3 Å². The highest BCUT2D eigenvalue weighted by Crippen LogP contribution is 2.48. The zero-order chi connectivity index (χ0) is 19.4. The van der Waals surface area contributed by atoms with Crippen LogP contribution >= 0.6 is 0 Å². The second kappa shape index (κ2) is 8.87. The highest BCUT2D eigenvalue weighted by atomic mass is 16.4. The summed E-state index contributed by atoms with van der Waals surface area (Å²) in [4.78, 5) is 12.8. The number of carbonyl (C=O) groups is 1. The van der Waals surface area contributed by atoms with Crippen LogP contribution in [-0.2, 0) is 0 Å². The molecule has 3 rings (SSSR count). The predicted molar refractivity (Wildman–Crippen MR) is 105 cm³/mol. The average molecular weight is 363 g/mol. The van der Waals surface area contributed by atoms with Crippen LogP contribution in [0.5, 0.6) is 0 Å². The number of carboxylic acid groups (broad SMARTS) is 1. The number of nitrogens with two attached hydrogens (primary N) is 1. The van der Waals surface area contributed by atoms with Crippen molar-refractivity contribution in [3.63, 3.8) is 0 Å². The first kappa shape index (κ1) is 20.7. The summed E-state index contributed by atoms with van der Waals surface area (Å²) < 4.78 is 0. The standard InChI is InChI=1S/C14H27NO.C7H7NO2/c1-9(2)15(10(3)4)8-13-11-5-6-12(7-11)14(13)16;8-6-3-1-5(2-4-6)7(9)10/h9-14,16H,5-8H2,1-4H3;1-4H,8H2,(H,9,10). The molecule has 2 saturated carbocycles. The monoisotopic (exact) mass is 362 g/mol. The number of aliphatic hydroxyl groups excluding tert-OH is 1. The van der Waals surface area contributed by atoms with Gasteiger partial charge < -0.3 is 15.9 Å². The number of rotatable bonds is 5. The quantitative estimate of drug-likeness (QED) is 0.698. The SMILES string of the molecule is CC(C)N(CC1C2CCC(C2)C1O)C(C)C.Nc1ccc(C(=O)O)cc1. The van der Waals surface area contributed by atoms with Gasteiger partial charge in [0.1, 0.15) is 0 Å². The summed E-state index contributed by atoms with van der Waals surface area (Å²) in [6.45, 7) is 10.1. The van der Waals surface area contributed by atoms with Gasteiger partial charge in [-0.1, -0.05) is 0 Å². The van der Waals surface area contributed by atoms with Crippen molar-refractivity contribution >= 4 is 11.7 Å². The number of anilines is 1. The third-order valence-corrected chi connectivity index (χ3v) is 5.95. The van der Waals surface area contributed by atoms with E-state index in [0.717, 1.165) is 12.5 Å². The Labute approximate surface area is 157 Å². The number of fused-ring (bicyclic) bond motifs is 2. The molecule has 1 aromatic carbocycles. The minimum absolute atomic E-state index is 0.0150. The molecule has 2 aliphatic carbocycles. The normalized spacial score (nSPS) is 27.1. The van der Waals surface area contributed by atoms with Crippen LogP contribution < -0.4 is 5.73 Å². The van der Waals surface area contributed by atoms with Crippen molar-refractivity contribution in [1.29, 1.82) is 0 Å². The molecular formula is C21H34N2O3. The summed E-state index contributed by atoms with van der Waals surface area (Å²) in [5.74, 6) is 1.04. The molecular weight excluding hydrogens is 328 g/mol. The zero-order valence-corrected chi connectivity index (χ0v) is 16.4. The lowest BCUT2D eigenvalue weighted by Crippen LogP contribution is -2.44. The number of aliphatic hydroxyl groups is 1. The van der Waals surface area contributed by atoms with E-state index >= 15 is 0 Å². The van der Waals surface area contributed by atoms with Crippen LogP contribution in [0.2, 0.25) is 0 Å². The lowest BCUT2D eigenvalue weighted by molar-refractivity contribution is 0.0236. The Hall–Kier alpha value is -1.59. The summed E-state index contributed by atoms with van der Waals surface area (Å²) in [6, 6.07) is 7.24. The second-order valence-corrected chi connectivity index (χ2v) is 8.30. The molecule has 0 aromatic heterocycles. The van der Waals surface area contributed by atoms with Crippen LogP contribution in [0.3, 0.4) is 0 Å². The highest BCUT2D eigenvalue weighted by Gasteiger charge is 2.47. The van der Waals surface area contributed by atoms with Gasteiger partial charge >= 0.3 is 5.97 Å². The van der Waals surface area contributed by atoms with Crippen LogP contribution in [0.4, 0.5) is 5.69 Å². The van der Waals surface area contributed by atoms with Crippen molar-refractivity contribution < 1.29 is 15.0 Å². The van der Waals surface area contributed by atoms with E-state index in [0.29, 0.717) is 29.6 Å². The van der Waals surface area contributed by atoms with E-state index in [-0.39, 0.29) is 11.7 Å². The molecule has 4 N–H and O–H groups in total. The minimum atomic E-state index is -0.931. The third kappa shape index (κ3) is 4.98. The Morgan fingerprint density at radius 2 is 1.65 bits per heavy atom. The average Bonchev–Trinajstić information content (AvgIpc) is 3.15. The summed E-state index contributed by atoms with van der Waals surface area (Å²) in [5.41, 5.74) is 6.17. The van der Waals surface area contributed by atoms with Crippen LogP contribution in [-0.4, -0.2) is 45.8 Å². The fourth-order valence-corrected chi connectivity index (χ4v) is 4.52. The van der Waals surface area contributed by atoms with Crippen molar-refractivity contribution in [2.24, 2.45) is 17.8 Å². The molecule has 5 heteroatoms. The van der Waals surface area contributed by atoms with Gasteiger partial charge in [0.15, 0.2) is 0 Å². The van der Waals surface area contributed by atoms with Crippen LogP contribution in [0.15, 0.2) is 24.3 Å². The van der Waals surface area contributed by atoms with Crippen molar-refractivity contribution in [3.05, 3.63) is 29.8 Å². The van der Waals surface area contributed by atoms with Gasteiger partial charge in [0, 0.05) is 30.2 Å². The van der Waals surface area contributed by atoms with Gasteiger partial charge in [-0.05, 0) is 83.1 Å². The largest absolute Gasteiger partial charge is 0.478 e. The maximum absolute atomic E-state index is 10.3. The molecule has 0 spiro atoms. The summed E-state index contributed by atoms with van der Waals surface area (Å²) in [6.07, 6.45) is 3.90. The van der Waals surface area contributed by atoms with Gasteiger partial charge in [-0.3, -0.25) is 4.90 Å². The van der Waals surface area contributed by atoms with E-state index in [9.17, 15) is 9.90 Å². The van der Waals surface area contributed by atoms with Crippen LogP contribution in [0.25, 0.3) is 0 Å². The first-order chi connectivity index (χ1) is 12.2. The maximum Gasteiger partial charge on any atom is 0.335 e. The molecule has 5 nitrogen and oxygen atoms in total. The number of nitrogens with zero attached hydrogens (tertiary/aromatic N) is 1. The van der Waals surface area contributed by atoms with Crippen molar-refractivity contribution in [3.8, 4) is 0 Å². The molecule has 2 fully saturated rings. The number of hydrogen-bond acceptors (Lipinski definition) is 4. The van der Waals surface area contributed by atoms with Gasteiger partial charge in [0.25, 0.3) is 0 Å². The van der Waals surface area contributed by atoms with E-state index < -0.39 is 5.97 Å². The third-order valence-electron chi connectivity index (χ3n) is 5.95. The molecule has 146 valence electrons. The van der Waals surface area contributed by atoms with E-state index in [1.165, 1.54) is 31.4 Å². The summed E-state index contributed by atoms with van der Waals surface area (Å²) in [7, 11) is 0. The molecule has 2 bridgehead atoms. The first-order valence-electron chi connectivity index (χ1n) is 9.73. The molecule has 0 saturated heterocycles. The van der Waals surface area contributed by atoms with E-state index in [1.54, 1.807) is 12.1 Å². The van der Waals surface area contributed by atoms with Gasteiger partial charge in [-0.25, -0.2) is 4.79 Å². The molecule has 0 heterocycles. The highest BCUT2D eigenvalue weighted by molar-refractivity contribution is 5.87. The lowest BCUT2D eigenvalue weighted by atomic mass is 9.85. The number of benzene rings is 1. The van der Waals surface area contributed by atoms with Crippen molar-refractivity contribution in [2.45, 2.75) is 65.1 Å². The van der Waals surface area contributed by atoms with E-state index in [4.69, 9.17) is 10.8 Å².